The molecule has 0 fully saturated rings. The third-order valence-electron chi connectivity index (χ3n) is 2.54. The largest absolute Gasteiger partial charge is 0.274 e. The van der Waals surface area contributed by atoms with Gasteiger partial charge >= 0.3 is 0 Å². The Hall–Kier alpha value is -0.540. The minimum atomic E-state index is -0.466. The molecule has 1 rings (SSSR count). The lowest BCUT2D eigenvalue weighted by Gasteiger charge is -2.13. The zero-order valence-corrected chi connectivity index (χ0v) is 10.8. The van der Waals surface area contributed by atoms with Crippen LogP contribution in [0.15, 0.2) is 10.1 Å². The Morgan fingerprint density at radius 3 is 1.94 bits per heavy atom. The number of nitrogens with zero attached hydrogens (tertiary/aromatic N) is 1. The van der Waals surface area contributed by atoms with Gasteiger partial charge in [0.2, 0.25) is 0 Å². The van der Waals surface area contributed by atoms with Gasteiger partial charge in [0.1, 0.15) is 10.1 Å². The molecule has 0 atom stereocenters. The van der Waals surface area contributed by atoms with Crippen molar-refractivity contribution in [3.05, 3.63) is 10.1 Å². The molecule has 0 unspecified atom stereocenters. The van der Waals surface area contributed by atoms with E-state index in [1.54, 1.807) is 0 Å². The molecule has 0 spiro atoms. The maximum atomic E-state index is 11.5. The summed E-state index contributed by atoms with van der Waals surface area (Å²) in [6.45, 7) is 2.55. The molecule has 0 radical (unpaired) electrons. The summed E-state index contributed by atoms with van der Waals surface area (Å²) in [7, 11) is 0. The molecule has 0 bridgehead atoms. The Balaban J connectivity index is 2.35. The number of rotatable bonds is 6. The van der Waals surface area contributed by atoms with Crippen molar-refractivity contribution in [1.29, 1.82) is 0 Å². The summed E-state index contributed by atoms with van der Waals surface area (Å²) in [5.74, 6) is -0.931. The van der Waals surface area contributed by atoms with Crippen LogP contribution < -0.4 is 0 Å². The number of imide groups is 1. The normalized spacial score (nSPS) is 16.6. The Bertz CT molecular complexity index is 302. The van der Waals surface area contributed by atoms with E-state index in [1.807, 2.05) is 0 Å². The first-order chi connectivity index (χ1) is 7.59. The predicted octanol–water partition coefficient (Wildman–Crippen LogP) is 3.01. The van der Waals surface area contributed by atoms with Crippen molar-refractivity contribution in [2.75, 3.05) is 6.54 Å². The SMILES string of the molecule is CCCCCCCN1C(=O)C(Cl)=C(Cl)C1=O. The number of hydrogen-bond donors (Lipinski definition) is 0. The second kappa shape index (κ2) is 6.26. The van der Waals surface area contributed by atoms with Crippen LogP contribution in [-0.2, 0) is 9.59 Å². The highest BCUT2D eigenvalue weighted by molar-refractivity contribution is 6.58. The molecular weight excluding hydrogens is 249 g/mol. The summed E-state index contributed by atoms with van der Waals surface area (Å²) in [5.41, 5.74) is 0. The average molecular weight is 264 g/mol. The number of unbranched alkanes of at least 4 members (excludes halogenated alkanes) is 4. The van der Waals surface area contributed by atoms with Gasteiger partial charge in [0.15, 0.2) is 0 Å². The standard InChI is InChI=1S/C11H15Cl2NO2/c1-2-3-4-5-6-7-14-10(15)8(12)9(13)11(14)16/h2-7H2,1H3. The molecular formula is C11H15Cl2NO2. The van der Waals surface area contributed by atoms with E-state index in [4.69, 9.17) is 23.2 Å². The fraction of sp³-hybridized carbons (Fsp3) is 0.636. The highest BCUT2D eigenvalue weighted by atomic mass is 35.5. The number of carbonyl (C=O) groups excluding carboxylic acids is 2. The van der Waals surface area contributed by atoms with Gasteiger partial charge in [-0.05, 0) is 6.42 Å². The van der Waals surface area contributed by atoms with Crippen molar-refractivity contribution in [3.8, 4) is 0 Å². The first-order valence-electron chi connectivity index (χ1n) is 5.51. The maximum Gasteiger partial charge on any atom is 0.274 e. The van der Waals surface area contributed by atoms with Gasteiger partial charge in [0.25, 0.3) is 11.8 Å². The summed E-state index contributed by atoms with van der Waals surface area (Å²) in [6.07, 6.45) is 5.30. The van der Waals surface area contributed by atoms with E-state index >= 15 is 0 Å². The van der Waals surface area contributed by atoms with Gasteiger partial charge < -0.3 is 0 Å². The van der Waals surface area contributed by atoms with Crippen LogP contribution in [-0.4, -0.2) is 23.3 Å². The lowest BCUT2D eigenvalue weighted by molar-refractivity contribution is -0.137. The van der Waals surface area contributed by atoms with E-state index in [-0.39, 0.29) is 10.1 Å². The van der Waals surface area contributed by atoms with Crippen molar-refractivity contribution in [2.45, 2.75) is 39.0 Å². The summed E-state index contributed by atoms with van der Waals surface area (Å²) in [6, 6.07) is 0. The van der Waals surface area contributed by atoms with E-state index < -0.39 is 11.8 Å². The van der Waals surface area contributed by atoms with E-state index in [2.05, 4.69) is 6.92 Å². The van der Waals surface area contributed by atoms with Crippen molar-refractivity contribution in [1.82, 2.24) is 4.90 Å². The van der Waals surface area contributed by atoms with Gasteiger partial charge in [0.05, 0.1) is 0 Å². The second-order valence-corrected chi connectivity index (χ2v) is 4.56. The van der Waals surface area contributed by atoms with Crippen molar-refractivity contribution in [3.63, 3.8) is 0 Å². The van der Waals surface area contributed by atoms with Gasteiger partial charge in [-0.1, -0.05) is 55.8 Å². The number of carbonyl (C=O) groups is 2. The first-order valence-corrected chi connectivity index (χ1v) is 6.26. The topological polar surface area (TPSA) is 37.4 Å². The zero-order chi connectivity index (χ0) is 12.1. The number of halogens is 2. The Labute approximate surface area is 105 Å². The lowest BCUT2D eigenvalue weighted by Crippen LogP contribution is -2.32. The third-order valence-corrected chi connectivity index (χ3v) is 3.34. The highest BCUT2D eigenvalue weighted by Gasteiger charge is 2.35. The van der Waals surface area contributed by atoms with Crippen molar-refractivity contribution < 1.29 is 9.59 Å². The fourth-order valence-electron chi connectivity index (χ4n) is 1.59. The van der Waals surface area contributed by atoms with E-state index in [0.717, 1.165) is 24.2 Å². The minimum absolute atomic E-state index is 0.153. The molecule has 16 heavy (non-hydrogen) atoms. The van der Waals surface area contributed by atoms with Crippen molar-refractivity contribution in [2.24, 2.45) is 0 Å². The van der Waals surface area contributed by atoms with Gasteiger partial charge in [-0.25, -0.2) is 0 Å². The summed E-state index contributed by atoms with van der Waals surface area (Å²) in [4.78, 5) is 24.1. The molecule has 0 aliphatic carbocycles. The number of hydrogen-bond acceptors (Lipinski definition) is 2. The summed E-state index contributed by atoms with van der Waals surface area (Å²) in [5, 5.41) is -0.305. The highest BCUT2D eigenvalue weighted by Crippen LogP contribution is 2.26. The van der Waals surface area contributed by atoms with Crippen LogP contribution in [0.5, 0.6) is 0 Å². The van der Waals surface area contributed by atoms with E-state index in [1.165, 1.54) is 12.8 Å². The molecule has 3 nitrogen and oxygen atoms in total. The Morgan fingerprint density at radius 2 is 1.44 bits per heavy atom. The molecule has 0 aromatic rings. The van der Waals surface area contributed by atoms with Crippen LogP contribution >= 0.6 is 23.2 Å². The fourth-order valence-corrected chi connectivity index (χ4v) is 1.96. The predicted molar refractivity (Wildman–Crippen MR) is 64.2 cm³/mol. The first kappa shape index (κ1) is 13.5. The molecule has 1 aliphatic rings. The van der Waals surface area contributed by atoms with E-state index in [9.17, 15) is 9.59 Å². The zero-order valence-electron chi connectivity index (χ0n) is 9.26. The van der Waals surface area contributed by atoms with Gasteiger partial charge in [-0.3, -0.25) is 14.5 Å². The Morgan fingerprint density at radius 1 is 0.938 bits per heavy atom. The smallest absolute Gasteiger partial charge is 0.273 e. The lowest BCUT2D eigenvalue weighted by atomic mass is 10.1. The van der Waals surface area contributed by atoms with E-state index in [0.29, 0.717) is 6.54 Å². The molecule has 0 aromatic heterocycles. The third kappa shape index (κ3) is 2.98. The van der Waals surface area contributed by atoms with Crippen LogP contribution in [0.4, 0.5) is 0 Å². The van der Waals surface area contributed by atoms with Gasteiger partial charge in [-0.15, -0.1) is 0 Å². The van der Waals surface area contributed by atoms with Crippen LogP contribution in [0.25, 0.3) is 0 Å². The summed E-state index contributed by atoms with van der Waals surface area (Å²) >= 11 is 11.2. The van der Waals surface area contributed by atoms with Gasteiger partial charge in [-0.2, -0.15) is 0 Å². The molecule has 90 valence electrons. The van der Waals surface area contributed by atoms with Crippen LogP contribution in [0.1, 0.15) is 39.0 Å². The molecule has 0 aromatic carbocycles. The van der Waals surface area contributed by atoms with Crippen LogP contribution in [0.2, 0.25) is 0 Å². The van der Waals surface area contributed by atoms with Crippen LogP contribution in [0, 0.1) is 0 Å². The molecule has 1 aliphatic heterocycles. The molecule has 0 N–H and O–H groups in total. The number of amides is 2. The van der Waals surface area contributed by atoms with Crippen LogP contribution in [0.3, 0.4) is 0 Å². The monoisotopic (exact) mass is 263 g/mol. The molecule has 1 heterocycles. The average Bonchev–Trinajstić information content (AvgIpc) is 2.46. The Kier molecular flexibility index (Phi) is 5.29. The quantitative estimate of drug-likeness (QED) is 0.546. The second-order valence-electron chi connectivity index (χ2n) is 3.80. The molecule has 0 saturated carbocycles. The summed E-state index contributed by atoms with van der Waals surface area (Å²) < 4.78 is 0. The molecule has 5 heteroatoms. The molecule has 2 amide bonds. The molecule has 0 saturated heterocycles. The minimum Gasteiger partial charge on any atom is -0.273 e. The van der Waals surface area contributed by atoms with Crippen molar-refractivity contribution >= 4 is 35.0 Å². The van der Waals surface area contributed by atoms with Gasteiger partial charge in [0, 0.05) is 6.54 Å². The maximum absolute atomic E-state index is 11.5.